The molecule has 0 fully saturated rings. The lowest BCUT2D eigenvalue weighted by molar-refractivity contribution is -0.145. The highest BCUT2D eigenvalue weighted by molar-refractivity contribution is 5.69. The highest BCUT2D eigenvalue weighted by Crippen LogP contribution is 2.16. The number of pyridine rings is 1. The summed E-state index contributed by atoms with van der Waals surface area (Å²) < 4.78 is 5.29. The van der Waals surface area contributed by atoms with E-state index < -0.39 is 0 Å². The molecule has 0 saturated carbocycles. The first kappa shape index (κ1) is 28.7. The minimum absolute atomic E-state index is 0.0875. The molecule has 1 heterocycles. The molecule has 0 saturated heterocycles. The van der Waals surface area contributed by atoms with Crippen LogP contribution in [0.15, 0.2) is 24.5 Å². The van der Waals surface area contributed by atoms with E-state index in [0.29, 0.717) is 13.0 Å². The first-order chi connectivity index (χ1) is 15.7. The lowest BCUT2D eigenvalue weighted by Crippen LogP contribution is -2.04. The molecule has 0 aliphatic heterocycles. The number of nitrogens with zero attached hydrogens (tertiary/aromatic N) is 1. The second-order valence-electron chi connectivity index (χ2n) is 9.73. The van der Waals surface area contributed by atoms with E-state index in [1.807, 2.05) is 12.1 Å². The summed E-state index contributed by atoms with van der Waals surface area (Å²) in [6.07, 6.45) is 28.5. The molecule has 0 amide bonds. The largest absolute Gasteiger partial charge is 0.461 e. The summed E-state index contributed by atoms with van der Waals surface area (Å²) in [4.78, 5) is 15.8. The van der Waals surface area contributed by atoms with E-state index in [1.54, 1.807) is 12.4 Å². The molecule has 0 aliphatic rings. The summed E-state index contributed by atoms with van der Waals surface area (Å²) in [5, 5.41) is 0. The summed E-state index contributed by atoms with van der Waals surface area (Å²) >= 11 is 0. The van der Waals surface area contributed by atoms with Crippen molar-refractivity contribution in [2.24, 2.45) is 5.92 Å². The van der Waals surface area contributed by atoms with Gasteiger partial charge in [-0.15, -0.1) is 0 Å². The van der Waals surface area contributed by atoms with Crippen molar-refractivity contribution >= 4 is 5.97 Å². The van der Waals surface area contributed by atoms with Crippen LogP contribution in [0.3, 0.4) is 0 Å². The Morgan fingerprint density at radius 3 is 1.78 bits per heavy atom. The predicted octanol–water partition coefficient (Wildman–Crippen LogP) is 9.19. The number of esters is 1. The van der Waals surface area contributed by atoms with Crippen molar-refractivity contribution in [3.8, 4) is 0 Å². The molecule has 0 aromatic carbocycles. The van der Waals surface area contributed by atoms with Crippen molar-refractivity contribution in [1.82, 2.24) is 4.98 Å². The summed E-state index contributed by atoms with van der Waals surface area (Å²) in [7, 11) is 0. The van der Waals surface area contributed by atoms with E-state index in [9.17, 15) is 4.79 Å². The number of carbonyl (C=O) groups is 1. The minimum atomic E-state index is -0.0875. The SMILES string of the molecule is CCC(C)CCCCCCCCCCCCCCCCCCC(=O)OCc1cccnc1. The second kappa shape index (κ2) is 21.5. The summed E-state index contributed by atoms with van der Waals surface area (Å²) in [6, 6.07) is 3.79. The van der Waals surface area contributed by atoms with Gasteiger partial charge in [-0.05, 0) is 18.4 Å². The number of hydrogen-bond acceptors (Lipinski definition) is 3. The van der Waals surface area contributed by atoms with Crippen LogP contribution in [0.4, 0.5) is 0 Å². The van der Waals surface area contributed by atoms with E-state index in [1.165, 1.54) is 103 Å². The number of ether oxygens (including phenoxy) is 1. The molecule has 1 unspecified atom stereocenters. The fourth-order valence-electron chi connectivity index (χ4n) is 4.16. The monoisotopic (exact) mass is 445 g/mol. The molecule has 1 rings (SSSR count). The molecule has 0 N–H and O–H groups in total. The molecular formula is C29H51NO2. The van der Waals surface area contributed by atoms with E-state index in [0.717, 1.165) is 24.3 Å². The van der Waals surface area contributed by atoms with Crippen molar-refractivity contribution in [1.29, 1.82) is 0 Å². The van der Waals surface area contributed by atoms with Crippen molar-refractivity contribution in [3.63, 3.8) is 0 Å². The van der Waals surface area contributed by atoms with Gasteiger partial charge >= 0.3 is 5.97 Å². The summed E-state index contributed by atoms with van der Waals surface area (Å²) in [5.74, 6) is 0.838. The molecule has 32 heavy (non-hydrogen) atoms. The molecule has 1 aromatic rings. The third-order valence-electron chi connectivity index (χ3n) is 6.65. The van der Waals surface area contributed by atoms with Gasteiger partial charge in [0, 0.05) is 24.4 Å². The Labute approximate surface area is 199 Å². The highest BCUT2D eigenvalue weighted by atomic mass is 16.5. The Morgan fingerprint density at radius 2 is 1.31 bits per heavy atom. The first-order valence-corrected chi connectivity index (χ1v) is 13.8. The number of rotatable bonds is 22. The van der Waals surface area contributed by atoms with Crippen LogP contribution >= 0.6 is 0 Å². The Morgan fingerprint density at radius 1 is 0.812 bits per heavy atom. The van der Waals surface area contributed by atoms with E-state index in [4.69, 9.17) is 4.74 Å². The van der Waals surface area contributed by atoms with Crippen LogP contribution in [0, 0.1) is 5.92 Å². The van der Waals surface area contributed by atoms with E-state index in [2.05, 4.69) is 18.8 Å². The van der Waals surface area contributed by atoms with Gasteiger partial charge in [0.2, 0.25) is 0 Å². The van der Waals surface area contributed by atoms with Crippen molar-refractivity contribution in [2.45, 2.75) is 142 Å². The van der Waals surface area contributed by atoms with Gasteiger partial charge in [-0.25, -0.2) is 0 Å². The van der Waals surface area contributed by atoms with Crippen LogP contribution in [-0.2, 0) is 16.1 Å². The predicted molar refractivity (Wildman–Crippen MR) is 137 cm³/mol. The fraction of sp³-hybridized carbons (Fsp3) is 0.793. The number of carbonyl (C=O) groups excluding carboxylic acids is 1. The van der Waals surface area contributed by atoms with Gasteiger partial charge in [0.05, 0.1) is 0 Å². The van der Waals surface area contributed by atoms with Gasteiger partial charge in [-0.3, -0.25) is 9.78 Å². The van der Waals surface area contributed by atoms with Crippen LogP contribution < -0.4 is 0 Å². The van der Waals surface area contributed by atoms with Crippen LogP contribution in [0.2, 0.25) is 0 Å². The second-order valence-corrected chi connectivity index (χ2v) is 9.73. The van der Waals surface area contributed by atoms with Crippen molar-refractivity contribution in [3.05, 3.63) is 30.1 Å². The lowest BCUT2D eigenvalue weighted by atomic mass is 9.99. The third kappa shape index (κ3) is 18.2. The quantitative estimate of drug-likeness (QED) is 0.132. The Bertz CT molecular complexity index is 531. The third-order valence-corrected chi connectivity index (χ3v) is 6.65. The maximum Gasteiger partial charge on any atom is 0.306 e. The number of unbranched alkanes of at least 4 members (excludes halogenated alkanes) is 15. The summed E-state index contributed by atoms with van der Waals surface area (Å²) in [5.41, 5.74) is 0.948. The molecule has 184 valence electrons. The van der Waals surface area contributed by atoms with Crippen molar-refractivity contribution < 1.29 is 9.53 Å². The van der Waals surface area contributed by atoms with Gasteiger partial charge in [-0.2, -0.15) is 0 Å². The molecule has 0 radical (unpaired) electrons. The van der Waals surface area contributed by atoms with Gasteiger partial charge in [0.25, 0.3) is 0 Å². The Balaban J connectivity index is 1.72. The zero-order valence-corrected chi connectivity index (χ0v) is 21.3. The average Bonchev–Trinajstić information content (AvgIpc) is 2.82. The number of hydrogen-bond donors (Lipinski definition) is 0. The fourth-order valence-corrected chi connectivity index (χ4v) is 4.16. The van der Waals surface area contributed by atoms with Gasteiger partial charge < -0.3 is 4.74 Å². The molecule has 0 aliphatic carbocycles. The van der Waals surface area contributed by atoms with E-state index >= 15 is 0 Å². The van der Waals surface area contributed by atoms with Crippen LogP contribution in [-0.4, -0.2) is 11.0 Å². The van der Waals surface area contributed by atoms with Crippen LogP contribution in [0.1, 0.15) is 141 Å². The molecule has 1 aromatic heterocycles. The highest BCUT2D eigenvalue weighted by Gasteiger charge is 2.03. The van der Waals surface area contributed by atoms with Crippen LogP contribution in [0.25, 0.3) is 0 Å². The molecule has 0 bridgehead atoms. The average molecular weight is 446 g/mol. The number of aromatic nitrogens is 1. The Kier molecular flexibility index (Phi) is 19.2. The van der Waals surface area contributed by atoms with E-state index in [-0.39, 0.29) is 5.97 Å². The smallest absolute Gasteiger partial charge is 0.306 e. The molecular weight excluding hydrogens is 394 g/mol. The molecule has 1 atom stereocenters. The van der Waals surface area contributed by atoms with Gasteiger partial charge in [-0.1, -0.05) is 129 Å². The lowest BCUT2D eigenvalue weighted by Gasteiger charge is -2.07. The maximum atomic E-state index is 11.8. The zero-order valence-electron chi connectivity index (χ0n) is 21.3. The molecule has 3 heteroatoms. The maximum absolute atomic E-state index is 11.8. The van der Waals surface area contributed by atoms with Crippen molar-refractivity contribution in [2.75, 3.05) is 0 Å². The van der Waals surface area contributed by atoms with Gasteiger partial charge in [0.1, 0.15) is 6.61 Å². The summed E-state index contributed by atoms with van der Waals surface area (Å²) in [6.45, 7) is 5.03. The molecule has 0 spiro atoms. The van der Waals surface area contributed by atoms with Gasteiger partial charge in [0.15, 0.2) is 0 Å². The molecule has 3 nitrogen and oxygen atoms in total. The first-order valence-electron chi connectivity index (χ1n) is 13.8. The zero-order chi connectivity index (χ0) is 23.1. The normalized spacial score (nSPS) is 12.1. The standard InChI is InChI=1S/C29H51NO2/c1-3-27(2)21-18-16-14-12-10-8-6-4-5-7-9-11-13-15-17-19-23-29(31)32-26-28-22-20-24-30-25-28/h20,22,24-25,27H,3-19,21,23,26H2,1-2H3. The minimum Gasteiger partial charge on any atom is -0.461 e. The Hall–Kier alpha value is -1.38. The topological polar surface area (TPSA) is 39.2 Å². The van der Waals surface area contributed by atoms with Crippen LogP contribution in [0.5, 0.6) is 0 Å².